The van der Waals surface area contributed by atoms with Crippen LogP contribution in [-0.4, -0.2) is 50.4 Å². The number of likely N-dealkylation sites (tertiary alicyclic amines) is 1. The van der Waals surface area contributed by atoms with Gasteiger partial charge in [0.2, 0.25) is 10.0 Å². The number of H-pyrrole nitrogens is 1. The summed E-state index contributed by atoms with van der Waals surface area (Å²) in [6, 6.07) is 9.45. The standard InChI is InChI=1S/C19H24N4O3S/c24-19(23-9-3-4-10-23)17-11-15(12-21-17)27(25,26)22-13-18-16-6-2-1-5-14(16)7-8-20-18/h1-2,5-6,11-12,18,20-22H,3-4,7-10,13H2. The van der Waals surface area contributed by atoms with Crippen molar-refractivity contribution in [2.45, 2.75) is 30.2 Å². The van der Waals surface area contributed by atoms with Crippen LogP contribution in [-0.2, 0) is 16.4 Å². The summed E-state index contributed by atoms with van der Waals surface area (Å²) in [6.45, 7) is 2.54. The molecular weight excluding hydrogens is 364 g/mol. The zero-order chi connectivity index (χ0) is 18.9. The molecule has 3 heterocycles. The van der Waals surface area contributed by atoms with Crippen molar-refractivity contribution in [1.29, 1.82) is 0 Å². The second-order valence-corrected chi connectivity index (χ2v) is 8.82. The lowest BCUT2D eigenvalue weighted by Crippen LogP contribution is -2.38. The monoisotopic (exact) mass is 388 g/mol. The number of hydrogen-bond donors (Lipinski definition) is 3. The van der Waals surface area contributed by atoms with Crippen LogP contribution in [0.5, 0.6) is 0 Å². The van der Waals surface area contributed by atoms with Crippen LogP contribution in [0, 0.1) is 0 Å². The van der Waals surface area contributed by atoms with E-state index >= 15 is 0 Å². The average molecular weight is 388 g/mol. The number of benzene rings is 1. The molecule has 2 aromatic rings. The van der Waals surface area contributed by atoms with Gasteiger partial charge in [-0.15, -0.1) is 0 Å². The quantitative estimate of drug-likeness (QED) is 0.722. The molecular formula is C19H24N4O3S. The summed E-state index contributed by atoms with van der Waals surface area (Å²) in [6.07, 6.45) is 4.32. The minimum Gasteiger partial charge on any atom is -0.356 e. The van der Waals surface area contributed by atoms with Crippen molar-refractivity contribution < 1.29 is 13.2 Å². The lowest BCUT2D eigenvalue weighted by Gasteiger charge is -2.27. The van der Waals surface area contributed by atoms with E-state index in [9.17, 15) is 13.2 Å². The zero-order valence-electron chi connectivity index (χ0n) is 15.1. The van der Waals surface area contributed by atoms with Crippen molar-refractivity contribution in [3.8, 4) is 0 Å². The maximum atomic E-state index is 12.7. The predicted octanol–water partition coefficient (Wildman–Crippen LogP) is 1.42. The van der Waals surface area contributed by atoms with Crippen LogP contribution in [0.25, 0.3) is 0 Å². The first kappa shape index (κ1) is 18.2. The molecule has 0 saturated carbocycles. The average Bonchev–Trinajstić information content (AvgIpc) is 3.38. The Hall–Kier alpha value is -2.16. The summed E-state index contributed by atoms with van der Waals surface area (Å²) >= 11 is 0. The minimum atomic E-state index is -3.69. The van der Waals surface area contributed by atoms with E-state index in [2.05, 4.69) is 21.1 Å². The number of nitrogens with one attached hydrogen (secondary N) is 3. The SMILES string of the molecule is O=C(c1cc(S(=O)(=O)NCC2NCCc3ccccc32)c[nH]1)N1CCCC1. The van der Waals surface area contributed by atoms with E-state index in [4.69, 9.17) is 0 Å². The summed E-state index contributed by atoms with van der Waals surface area (Å²) in [5.41, 5.74) is 2.70. The molecule has 2 aliphatic rings. The fourth-order valence-electron chi connectivity index (χ4n) is 3.80. The third kappa shape index (κ3) is 3.78. The molecule has 1 amide bonds. The van der Waals surface area contributed by atoms with Gasteiger partial charge < -0.3 is 15.2 Å². The Morgan fingerprint density at radius 2 is 2.00 bits per heavy atom. The first-order valence-electron chi connectivity index (χ1n) is 9.33. The minimum absolute atomic E-state index is 0.0608. The van der Waals surface area contributed by atoms with Crippen LogP contribution in [0.15, 0.2) is 41.4 Å². The number of aromatic nitrogens is 1. The molecule has 0 aliphatic carbocycles. The Kier molecular flexibility index (Phi) is 5.03. The molecule has 4 rings (SSSR count). The maximum absolute atomic E-state index is 12.7. The number of nitrogens with zero attached hydrogens (tertiary/aromatic N) is 1. The van der Waals surface area contributed by atoms with Crippen LogP contribution in [0.4, 0.5) is 0 Å². The Bertz CT molecular complexity index is 932. The number of sulfonamides is 1. The molecule has 0 bridgehead atoms. The molecule has 3 N–H and O–H groups in total. The van der Waals surface area contributed by atoms with Crippen LogP contribution in [0.3, 0.4) is 0 Å². The van der Waals surface area contributed by atoms with E-state index in [1.54, 1.807) is 4.90 Å². The van der Waals surface area contributed by atoms with Gasteiger partial charge in [-0.1, -0.05) is 24.3 Å². The number of carbonyl (C=O) groups excluding carboxylic acids is 1. The largest absolute Gasteiger partial charge is 0.356 e. The van der Waals surface area contributed by atoms with Gasteiger partial charge in [0.1, 0.15) is 10.6 Å². The highest BCUT2D eigenvalue weighted by atomic mass is 32.2. The fourth-order valence-corrected chi connectivity index (χ4v) is 4.83. The third-order valence-electron chi connectivity index (χ3n) is 5.28. The molecule has 8 heteroatoms. The molecule has 1 aromatic heterocycles. The van der Waals surface area contributed by atoms with E-state index in [0.717, 1.165) is 44.5 Å². The summed E-state index contributed by atoms with van der Waals surface area (Å²) in [7, 11) is -3.69. The maximum Gasteiger partial charge on any atom is 0.270 e. The van der Waals surface area contributed by atoms with E-state index in [1.165, 1.54) is 17.8 Å². The van der Waals surface area contributed by atoms with Crippen molar-refractivity contribution in [2.24, 2.45) is 0 Å². The van der Waals surface area contributed by atoms with Crippen LogP contribution < -0.4 is 10.0 Å². The Labute approximate surface area is 159 Å². The topological polar surface area (TPSA) is 94.3 Å². The molecule has 1 fully saturated rings. The molecule has 0 spiro atoms. The fraction of sp³-hybridized carbons (Fsp3) is 0.421. The summed E-state index contributed by atoms with van der Waals surface area (Å²) in [5.74, 6) is -0.142. The number of fused-ring (bicyclic) bond motifs is 1. The van der Waals surface area contributed by atoms with Gasteiger partial charge in [0.25, 0.3) is 5.91 Å². The van der Waals surface area contributed by atoms with Crippen molar-refractivity contribution in [2.75, 3.05) is 26.2 Å². The Balaban J connectivity index is 1.45. The number of aromatic amines is 1. The molecule has 1 atom stereocenters. The first-order valence-corrected chi connectivity index (χ1v) is 10.8. The van der Waals surface area contributed by atoms with Gasteiger partial charge in [-0.05, 0) is 43.0 Å². The summed E-state index contributed by atoms with van der Waals surface area (Å²) in [5, 5.41) is 3.36. The number of amides is 1. The van der Waals surface area contributed by atoms with Crippen LogP contribution >= 0.6 is 0 Å². The van der Waals surface area contributed by atoms with E-state index in [-0.39, 0.29) is 23.4 Å². The van der Waals surface area contributed by atoms with Gasteiger partial charge in [-0.25, -0.2) is 13.1 Å². The highest BCUT2D eigenvalue weighted by Gasteiger charge is 2.25. The second kappa shape index (κ2) is 7.46. The smallest absolute Gasteiger partial charge is 0.270 e. The normalized spacial score (nSPS) is 19.9. The zero-order valence-corrected chi connectivity index (χ0v) is 15.9. The molecule has 1 saturated heterocycles. The van der Waals surface area contributed by atoms with E-state index < -0.39 is 10.0 Å². The van der Waals surface area contributed by atoms with Gasteiger partial charge >= 0.3 is 0 Å². The first-order chi connectivity index (χ1) is 13.0. The Morgan fingerprint density at radius 3 is 2.81 bits per heavy atom. The highest BCUT2D eigenvalue weighted by molar-refractivity contribution is 7.89. The molecule has 27 heavy (non-hydrogen) atoms. The third-order valence-corrected chi connectivity index (χ3v) is 6.69. The number of carbonyl (C=O) groups is 1. The molecule has 144 valence electrons. The highest BCUT2D eigenvalue weighted by Crippen LogP contribution is 2.23. The van der Waals surface area contributed by atoms with Crippen molar-refractivity contribution in [3.05, 3.63) is 53.3 Å². The van der Waals surface area contributed by atoms with Crippen molar-refractivity contribution >= 4 is 15.9 Å². The van der Waals surface area contributed by atoms with E-state index in [1.807, 2.05) is 18.2 Å². The van der Waals surface area contributed by atoms with Crippen LogP contribution in [0.1, 0.15) is 40.5 Å². The predicted molar refractivity (Wildman–Crippen MR) is 102 cm³/mol. The van der Waals surface area contributed by atoms with E-state index in [0.29, 0.717) is 5.69 Å². The van der Waals surface area contributed by atoms with Crippen molar-refractivity contribution in [3.63, 3.8) is 0 Å². The molecule has 7 nitrogen and oxygen atoms in total. The molecule has 2 aliphatic heterocycles. The van der Waals surface area contributed by atoms with Gasteiger partial charge in [0.15, 0.2) is 0 Å². The van der Waals surface area contributed by atoms with Gasteiger partial charge in [0.05, 0.1) is 0 Å². The second-order valence-electron chi connectivity index (χ2n) is 7.06. The van der Waals surface area contributed by atoms with Crippen LogP contribution in [0.2, 0.25) is 0 Å². The van der Waals surface area contributed by atoms with Gasteiger partial charge in [-0.3, -0.25) is 4.79 Å². The molecule has 1 aromatic carbocycles. The molecule has 1 unspecified atom stereocenters. The molecule has 0 radical (unpaired) electrons. The lowest BCUT2D eigenvalue weighted by molar-refractivity contribution is 0.0787. The number of rotatable bonds is 5. The number of hydrogen-bond acceptors (Lipinski definition) is 4. The van der Waals surface area contributed by atoms with Gasteiger partial charge in [0, 0.05) is 31.9 Å². The van der Waals surface area contributed by atoms with Crippen molar-refractivity contribution in [1.82, 2.24) is 19.9 Å². The summed E-state index contributed by atoms with van der Waals surface area (Å²) in [4.78, 5) is 17.1. The lowest BCUT2D eigenvalue weighted by atomic mass is 9.95. The van der Waals surface area contributed by atoms with Gasteiger partial charge in [-0.2, -0.15) is 0 Å². The summed E-state index contributed by atoms with van der Waals surface area (Å²) < 4.78 is 28.0. The Morgan fingerprint density at radius 1 is 1.22 bits per heavy atom.